The van der Waals surface area contributed by atoms with E-state index in [1.54, 1.807) is 48.7 Å². The van der Waals surface area contributed by atoms with Crippen molar-refractivity contribution in [2.75, 3.05) is 6.26 Å². The van der Waals surface area contributed by atoms with Crippen LogP contribution in [0.4, 0.5) is 0 Å². The van der Waals surface area contributed by atoms with Gasteiger partial charge < -0.3 is 0 Å². The third-order valence-electron chi connectivity index (χ3n) is 3.49. The van der Waals surface area contributed by atoms with E-state index in [1.807, 2.05) is 6.07 Å². The standard InChI is InChI=1S/C20H14ClN3O2S/c1-27(26,19-9-6-17(21)7-10-19)24-20(25)16-12-15(13-22-14-16)5-8-18-4-2-3-11-23-18/h2-4,6-7,9-14H,1H3. The molecule has 0 aliphatic carbocycles. The van der Waals surface area contributed by atoms with Gasteiger partial charge in [-0.05, 0) is 48.4 Å². The lowest BCUT2D eigenvalue weighted by atomic mass is 10.2. The Balaban J connectivity index is 1.88. The molecule has 0 aliphatic rings. The van der Waals surface area contributed by atoms with Crippen molar-refractivity contribution in [1.82, 2.24) is 9.97 Å². The zero-order chi connectivity index (χ0) is 19.3. The zero-order valence-corrected chi connectivity index (χ0v) is 15.9. The lowest BCUT2D eigenvalue weighted by Gasteiger charge is -2.04. The molecule has 27 heavy (non-hydrogen) atoms. The van der Waals surface area contributed by atoms with Gasteiger partial charge in [0.1, 0.15) is 5.69 Å². The van der Waals surface area contributed by atoms with Crippen LogP contribution in [0.25, 0.3) is 0 Å². The van der Waals surface area contributed by atoms with Crippen molar-refractivity contribution in [3.8, 4) is 11.8 Å². The van der Waals surface area contributed by atoms with Gasteiger partial charge in [-0.15, -0.1) is 0 Å². The molecule has 3 rings (SSSR count). The van der Waals surface area contributed by atoms with Gasteiger partial charge in [0.2, 0.25) is 0 Å². The van der Waals surface area contributed by atoms with Crippen molar-refractivity contribution in [2.24, 2.45) is 4.36 Å². The summed E-state index contributed by atoms with van der Waals surface area (Å²) in [6.07, 6.45) is 5.96. The molecule has 134 valence electrons. The van der Waals surface area contributed by atoms with Crippen LogP contribution in [0.3, 0.4) is 0 Å². The fraction of sp³-hybridized carbons (Fsp3) is 0.0500. The van der Waals surface area contributed by atoms with Gasteiger partial charge in [0, 0.05) is 40.3 Å². The molecule has 1 unspecified atom stereocenters. The lowest BCUT2D eigenvalue weighted by Crippen LogP contribution is -2.04. The van der Waals surface area contributed by atoms with Crippen molar-refractivity contribution in [3.05, 3.63) is 89.0 Å². The molecule has 0 spiro atoms. The molecular weight excluding hydrogens is 382 g/mol. The largest absolute Gasteiger partial charge is 0.286 e. The summed E-state index contributed by atoms with van der Waals surface area (Å²) < 4.78 is 16.7. The van der Waals surface area contributed by atoms with E-state index in [1.165, 1.54) is 18.6 Å². The van der Waals surface area contributed by atoms with E-state index in [9.17, 15) is 9.00 Å². The highest BCUT2D eigenvalue weighted by Gasteiger charge is 2.12. The van der Waals surface area contributed by atoms with Crippen molar-refractivity contribution < 1.29 is 9.00 Å². The maximum atomic E-state index is 12.8. The van der Waals surface area contributed by atoms with Crippen LogP contribution in [0.1, 0.15) is 21.6 Å². The summed E-state index contributed by atoms with van der Waals surface area (Å²) in [5.41, 5.74) is 1.36. The van der Waals surface area contributed by atoms with Crippen LogP contribution in [0.2, 0.25) is 5.02 Å². The van der Waals surface area contributed by atoms with Crippen molar-refractivity contribution in [1.29, 1.82) is 0 Å². The first-order valence-electron chi connectivity index (χ1n) is 7.84. The van der Waals surface area contributed by atoms with E-state index in [2.05, 4.69) is 26.2 Å². The van der Waals surface area contributed by atoms with Gasteiger partial charge in [-0.2, -0.15) is 4.36 Å². The van der Waals surface area contributed by atoms with E-state index in [-0.39, 0.29) is 5.56 Å². The van der Waals surface area contributed by atoms with Crippen LogP contribution in [-0.2, 0) is 9.73 Å². The molecule has 0 N–H and O–H groups in total. The monoisotopic (exact) mass is 395 g/mol. The molecule has 0 aliphatic heterocycles. The Hall–Kier alpha value is -3.01. The van der Waals surface area contributed by atoms with Gasteiger partial charge in [-0.3, -0.25) is 9.78 Å². The summed E-state index contributed by atoms with van der Waals surface area (Å²) in [4.78, 5) is 21.0. The smallest absolute Gasteiger partial charge is 0.266 e. The zero-order valence-electron chi connectivity index (χ0n) is 14.3. The Morgan fingerprint density at radius 3 is 2.59 bits per heavy atom. The van der Waals surface area contributed by atoms with Crippen LogP contribution >= 0.6 is 11.6 Å². The first-order valence-corrected chi connectivity index (χ1v) is 10.1. The van der Waals surface area contributed by atoms with Crippen LogP contribution in [0.5, 0.6) is 0 Å². The second-order valence-electron chi connectivity index (χ2n) is 5.58. The summed E-state index contributed by atoms with van der Waals surface area (Å²) in [7, 11) is -2.90. The summed E-state index contributed by atoms with van der Waals surface area (Å²) in [6, 6.07) is 13.4. The average molecular weight is 396 g/mol. The molecule has 0 saturated carbocycles. The number of carbonyl (C=O) groups is 1. The highest BCUT2D eigenvalue weighted by Crippen LogP contribution is 2.17. The van der Waals surface area contributed by atoms with Crippen molar-refractivity contribution in [2.45, 2.75) is 4.90 Å². The number of amides is 1. The van der Waals surface area contributed by atoms with E-state index < -0.39 is 15.6 Å². The maximum Gasteiger partial charge on any atom is 0.286 e. The van der Waals surface area contributed by atoms with Crippen LogP contribution < -0.4 is 0 Å². The van der Waals surface area contributed by atoms with Gasteiger partial charge in [0.05, 0.1) is 15.3 Å². The number of nitrogens with zero attached hydrogens (tertiary/aromatic N) is 3. The van der Waals surface area contributed by atoms with Gasteiger partial charge in [-0.1, -0.05) is 23.6 Å². The van der Waals surface area contributed by atoms with Crippen LogP contribution in [-0.4, -0.2) is 26.3 Å². The van der Waals surface area contributed by atoms with Crippen molar-refractivity contribution >= 4 is 27.2 Å². The highest BCUT2D eigenvalue weighted by molar-refractivity contribution is 7.93. The summed E-state index contributed by atoms with van der Waals surface area (Å²) in [6.45, 7) is 0. The van der Waals surface area contributed by atoms with Gasteiger partial charge >= 0.3 is 0 Å². The second kappa shape index (κ2) is 8.12. The predicted molar refractivity (Wildman–Crippen MR) is 105 cm³/mol. The molecule has 5 nitrogen and oxygen atoms in total. The number of hydrogen-bond donors (Lipinski definition) is 0. The number of halogens is 1. The first-order chi connectivity index (χ1) is 12.9. The number of carbonyl (C=O) groups excluding carboxylic acids is 1. The summed E-state index contributed by atoms with van der Waals surface area (Å²) in [5.74, 6) is 5.18. The fourth-order valence-corrected chi connectivity index (χ4v) is 3.44. The lowest BCUT2D eigenvalue weighted by molar-refractivity contribution is 0.100. The third-order valence-corrected chi connectivity index (χ3v) is 5.41. The molecule has 2 aromatic heterocycles. The highest BCUT2D eigenvalue weighted by atomic mass is 35.5. The average Bonchev–Trinajstić information content (AvgIpc) is 2.67. The molecule has 1 aromatic carbocycles. The van der Waals surface area contributed by atoms with Crippen LogP contribution in [0, 0.1) is 11.8 Å². The molecule has 0 saturated heterocycles. The van der Waals surface area contributed by atoms with E-state index in [0.717, 1.165) is 0 Å². The second-order valence-corrected chi connectivity index (χ2v) is 8.28. The van der Waals surface area contributed by atoms with E-state index in [0.29, 0.717) is 21.2 Å². The van der Waals surface area contributed by atoms with Gasteiger partial charge in [-0.25, -0.2) is 9.19 Å². The Labute approximate surface area is 162 Å². The molecule has 7 heteroatoms. The Bertz CT molecular complexity index is 1160. The van der Waals surface area contributed by atoms with E-state index in [4.69, 9.17) is 11.6 Å². The first kappa shape index (κ1) is 18.8. The fourth-order valence-electron chi connectivity index (χ4n) is 2.15. The topological polar surface area (TPSA) is 72.3 Å². The normalized spacial score (nSPS) is 12.4. The quantitative estimate of drug-likeness (QED) is 0.618. The molecular formula is C20H14ClN3O2S. The minimum absolute atomic E-state index is 0.214. The molecule has 0 fully saturated rings. The number of benzene rings is 1. The summed E-state index contributed by atoms with van der Waals surface area (Å²) >= 11 is 5.84. The minimum Gasteiger partial charge on any atom is -0.266 e. The van der Waals surface area contributed by atoms with Gasteiger partial charge in [0.15, 0.2) is 0 Å². The molecule has 2 heterocycles. The Morgan fingerprint density at radius 2 is 1.89 bits per heavy atom. The van der Waals surface area contributed by atoms with Gasteiger partial charge in [0.25, 0.3) is 5.91 Å². The number of rotatable bonds is 2. The number of pyridine rings is 2. The molecule has 0 radical (unpaired) electrons. The molecule has 1 atom stereocenters. The molecule has 0 bridgehead atoms. The minimum atomic E-state index is -2.90. The SMILES string of the molecule is CS(=O)(=NC(=O)c1cncc(C#Cc2ccccn2)c1)c1ccc(Cl)cc1. The van der Waals surface area contributed by atoms with Crippen molar-refractivity contribution in [3.63, 3.8) is 0 Å². The molecule has 3 aromatic rings. The third kappa shape index (κ3) is 5.00. The van der Waals surface area contributed by atoms with E-state index >= 15 is 0 Å². The van der Waals surface area contributed by atoms with Crippen LogP contribution in [0.15, 0.2) is 76.4 Å². The summed E-state index contributed by atoms with van der Waals surface area (Å²) in [5, 5.41) is 0.517. The number of hydrogen-bond acceptors (Lipinski definition) is 4. The Morgan fingerprint density at radius 1 is 1.11 bits per heavy atom. The Kier molecular flexibility index (Phi) is 5.65. The predicted octanol–water partition coefficient (Wildman–Crippen LogP) is 3.83. The maximum absolute atomic E-state index is 12.8. The number of aromatic nitrogens is 2. The molecule has 1 amide bonds.